The Labute approximate surface area is 126 Å². The Hall–Kier alpha value is -1.75. The fourth-order valence-corrected chi connectivity index (χ4v) is 2.08. The zero-order valence-electron chi connectivity index (χ0n) is 13.0. The van der Waals surface area contributed by atoms with Crippen LogP contribution in [0.15, 0.2) is 18.2 Å². The van der Waals surface area contributed by atoms with Crippen LogP contribution in [0.25, 0.3) is 0 Å². The van der Waals surface area contributed by atoms with Gasteiger partial charge in [0.25, 0.3) is 5.91 Å². The van der Waals surface area contributed by atoms with Crippen LogP contribution in [0.4, 0.5) is 0 Å². The van der Waals surface area contributed by atoms with E-state index in [4.69, 9.17) is 9.47 Å². The maximum Gasteiger partial charge on any atom is 0.258 e. The Morgan fingerprint density at radius 2 is 2.10 bits per heavy atom. The Balaban J connectivity index is 2.67. The highest BCUT2D eigenvalue weighted by atomic mass is 16.5. The maximum absolute atomic E-state index is 11.8. The highest BCUT2D eigenvalue weighted by molar-refractivity contribution is 5.78. The molecule has 0 bridgehead atoms. The van der Waals surface area contributed by atoms with E-state index in [2.05, 4.69) is 12.2 Å². The summed E-state index contributed by atoms with van der Waals surface area (Å²) in [7, 11) is 0. The van der Waals surface area contributed by atoms with E-state index in [-0.39, 0.29) is 25.2 Å². The molecule has 0 fully saturated rings. The van der Waals surface area contributed by atoms with Gasteiger partial charge in [0.05, 0.1) is 13.2 Å². The smallest absolute Gasteiger partial charge is 0.258 e. The molecule has 1 aromatic carbocycles. The molecule has 1 unspecified atom stereocenters. The molecule has 118 valence electrons. The van der Waals surface area contributed by atoms with Crippen LogP contribution < -0.4 is 14.8 Å². The van der Waals surface area contributed by atoms with Crippen molar-refractivity contribution in [3.8, 4) is 11.5 Å². The highest BCUT2D eigenvalue weighted by Crippen LogP contribution is 2.31. The maximum atomic E-state index is 11.8. The Morgan fingerprint density at radius 3 is 2.71 bits per heavy atom. The van der Waals surface area contributed by atoms with Crippen molar-refractivity contribution in [1.82, 2.24) is 5.32 Å². The molecule has 0 aliphatic carbocycles. The van der Waals surface area contributed by atoms with Gasteiger partial charge < -0.3 is 19.9 Å². The minimum atomic E-state index is -0.175. The van der Waals surface area contributed by atoms with E-state index in [1.165, 1.54) is 0 Å². The second-order valence-corrected chi connectivity index (χ2v) is 4.88. The lowest BCUT2D eigenvalue weighted by atomic mass is 10.2. The third kappa shape index (κ3) is 5.63. The number of carbonyl (C=O) groups excluding carboxylic acids is 1. The molecular weight excluding hydrogens is 270 g/mol. The lowest BCUT2D eigenvalue weighted by Gasteiger charge is -2.16. The number of aliphatic hydroxyl groups excluding tert-OH is 1. The molecule has 0 radical (unpaired) electrons. The zero-order chi connectivity index (χ0) is 15.7. The van der Waals surface area contributed by atoms with E-state index in [1.54, 1.807) is 18.2 Å². The summed E-state index contributed by atoms with van der Waals surface area (Å²) in [6.07, 6.45) is 1.95. The Bertz CT molecular complexity index is 448. The van der Waals surface area contributed by atoms with Crippen molar-refractivity contribution in [2.75, 3.05) is 13.2 Å². The molecule has 0 spiro atoms. The van der Waals surface area contributed by atoms with Crippen LogP contribution in [0.1, 0.15) is 39.2 Å². The zero-order valence-corrected chi connectivity index (χ0v) is 13.0. The standard InChI is InChI=1S/C16H25NO4/c1-4-7-12(3)17-15(19)11-21-16-13(10-18)8-6-9-14(16)20-5-2/h6,8-9,12,18H,4-5,7,10-11H2,1-3H3,(H,17,19). The first-order valence-electron chi connectivity index (χ1n) is 7.40. The van der Waals surface area contributed by atoms with Crippen molar-refractivity contribution in [3.63, 3.8) is 0 Å². The summed E-state index contributed by atoms with van der Waals surface area (Å²) >= 11 is 0. The molecule has 0 aromatic heterocycles. The van der Waals surface area contributed by atoms with Crippen LogP contribution in [0, 0.1) is 0 Å². The number of amides is 1. The molecule has 1 atom stereocenters. The van der Waals surface area contributed by atoms with E-state index < -0.39 is 0 Å². The molecule has 0 heterocycles. The summed E-state index contributed by atoms with van der Waals surface area (Å²) in [6, 6.07) is 5.42. The highest BCUT2D eigenvalue weighted by Gasteiger charge is 2.13. The van der Waals surface area contributed by atoms with Gasteiger partial charge in [-0.25, -0.2) is 0 Å². The molecule has 5 heteroatoms. The second kappa shape index (κ2) is 9.23. The van der Waals surface area contributed by atoms with Gasteiger partial charge >= 0.3 is 0 Å². The molecule has 1 rings (SSSR count). The van der Waals surface area contributed by atoms with E-state index in [9.17, 15) is 9.90 Å². The number of benzene rings is 1. The van der Waals surface area contributed by atoms with Gasteiger partial charge in [-0.1, -0.05) is 25.5 Å². The number of nitrogens with one attached hydrogen (secondary N) is 1. The summed E-state index contributed by atoms with van der Waals surface area (Å²) < 4.78 is 11.0. The monoisotopic (exact) mass is 295 g/mol. The third-order valence-corrected chi connectivity index (χ3v) is 3.01. The molecule has 0 aliphatic heterocycles. The summed E-state index contributed by atoms with van der Waals surface area (Å²) in [4.78, 5) is 11.8. The predicted octanol–water partition coefficient (Wildman–Crippen LogP) is 2.26. The average Bonchev–Trinajstić information content (AvgIpc) is 2.46. The fraction of sp³-hybridized carbons (Fsp3) is 0.562. The lowest BCUT2D eigenvalue weighted by Crippen LogP contribution is -2.36. The van der Waals surface area contributed by atoms with Gasteiger partial charge in [-0.3, -0.25) is 4.79 Å². The minimum absolute atomic E-state index is 0.0921. The normalized spacial score (nSPS) is 11.8. The number of rotatable bonds is 9. The predicted molar refractivity (Wildman–Crippen MR) is 81.5 cm³/mol. The van der Waals surface area contributed by atoms with Crippen LogP contribution in [0.3, 0.4) is 0 Å². The number of aliphatic hydroxyl groups is 1. The first kappa shape index (κ1) is 17.3. The van der Waals surface area contributed by atoms with Crippen LogP contribution in [0.5, 0.6) is 11.5 Å². The molecule has 0 aliphatic rings. The molecule has 1 amide bonds. The summed E-state index contributed by atoms with van der Waals surface area (Å²) in [6.45, 7) is 6.15. The van der Waals surface area contributed by atoms with E-state index in [1.807, 2.05) is 13.8 Å². The molecule has 0 saturated carbocycles. The van der Waals surface area contributed by atoms with Crippen LogP contribution >= 0.6 is 0 Å². The summed E-state index contributed by atoms with van der Waals surface area (Å²) in [5.74, 6) is 0.796. The lowest BCUT2D eigenvalue weighted by molar-refractivity contribution is -0.123. The summed E-state index contributed by atoms with van der Waals surface area (Å²) in [5, 5.41) is 12.2. The molecule has 1 aromatic rings. The van der Waals surface area contributed by atoms with Crippen LogP contribution in [-0.4, -0.2) is 30.3 Å². The molecular formula is C16H25NO4. The number of carbonyl (C=O) groups is 1. The van der Waals surface area contributed by atoms with Gasteiger partial charge in [-0.15, -0.1) is 0 Å². The quantitative estimate of drug-likeness (QED) is 0.733. The number of para-hydroxylation sites is 1. The van der Waals surface area contributed by atoms with Crippen molar-refractivity contribution in [2.45, 2.75) is 46.3 Å². The van der Waals surface area contributed by atoms with E-state index in [0.717, 1.165) is 12.8 Å². The number of hydrogen-bond donors (Lipinski definition) is 2. The first-order chi connectivity index (χ1) is 10.1. The van der Waals surface area contributed by atoms with Gasteiger partial charge in [0, 0.05) is 11.6 Å². The SMILES string of the molecule is CCCC(C)NC(=O)COc1c(CO)cccc1OCC. The van der Waals surface area contributed by atoms with Crippen LogP contribution in [0.2, 0.25) is 0 Å². The second-order valence-electron chi connectivity index (χ2n) is 4.88. The topological polar surface area (TPSA) is 67.8 Å². The van der Waals surface area contributed by atoms with Crippen molar-refractivity contribution in [3.05, 3.63) is 23.8 Å². The van der Waals surface area contributed by atoms with Gasteiger partial charge in [-0.05, 0) is 26.3 Å². The van der Waals surface area contributed by atoms with E-state index in [0.29, 0.717) is 23.7 Å². The van der Waals surface area contributed by atoms with Gasteiger partial charge in [-0.2, -0.15) is 0 Å². The molecule has 21 heavy (non-hydrogen) atoms. The van der Waals surface area contributed by atoms with Crippen molar-refractivity contribution in [1.29, 1.82) is 0 Å². The van der Waals surface area contributed by atoms with Crippen molar-refractivity contribution >= 4 is 5.91 Å². The number of ether oxygens (including phenoxy) is 2. The first-order valence-corrected chi connectivity index (χ1v) is 7.40. The minimum Gasteiger partial charge on any atom is -0.490 e. The van der Waals surface area contributed by atoms with Crippen molar-refractivity contribution in [2.24, 2.45) is 0 Å². The molecule has 5 nitrogen and oxygen atoms in total. The van der Waals surface area contributed by atoms with Crippen LogP contribution in [-0.2, 0) is 11.4 Å². The van der Waals surface area contributed by atoms with Gasteiger partial charge in [0.15, 0.2) is 18.1 Å². The van der Waals surface area contributed by atoms with E-state index >= 15 is 0 Å². The largest absolute Gasteiger partial charge is 0.490 e. The third-order valence-electron chi connectivity index (χ3n) is 3.01. The van der Waals surface area contributed by atoms with Gasteiger partial charge in [0.2, 0.25) is 0 Å². The fourth-order valence-electron chi connectivity index (χ4n) is 2.08. The summed E-state index contributed by atoms with van der Waals surface area (Å²) in [5.41, 5.74) is 0.607. The molecule has 0 saturated heterocycles. The molecule has 2 N–H and O–H groups in total. The van der Waals surface area contributed by atoms with Gasteiger partial charge in [0.1, 0.15) is 0 Å². The Morgan fingerprint density at radius 1 is 1.33 bits per heavy atom. The average molecular weight is 295 g/mol. The van der Waals surface area contributed by atoms with Crippen molar-refractivity contribution < 1.29 is 19.4 Å². The number of hydrogen-bond acceptors (Lipinski definition) is 4. The Kier molecular flexibility index (Phi) is 7.61.